The maximum absolute atomic E-state index is 4.94. The van der Waals surface area contributed by atoms with Crippen LogP contribution in [0.4, 0.5) is 11.6 Å². The van der Waals surface area contributed by atoms with Crippen molar-refractivity contribution in [3.05, 3.63) is 11.4 Å². The van der Waals surface area contributed by atoms with E-state index in [1.54, 1.807) is 0 Å². The summed E-state index contributed by atoms with van der Waals surface area (Å²) < 4.78 is 0. The van der Waals surface area contributed by atoms with Gasteiger partial charge in [0.1, 0.15) is 17.5 Å². The van der Waals surface area contributed by atoms with Gasteiger partial charge in [0.25, 0.3) is 0 Å². The molecular formula is C16H26N4S. The molecule has 1 aromatic rings. The van der Waals surface area contributed by atoms with Gasteiger partial charge in [0, 0.05) is 42.1 Å². The zero-order chi connectivity index (χ0) is 14.8. The third-order valence-corrected chi connectivity index (χ3v) is 5.69. The number of hydrogen-bond acceptors (Lipinski definition) is 5. The molecule has 116 valence electrons. The summed E-state index contributed by atoms with van der Waals surface area (Å²) in [6, 6.07) is 0. The van der Waals surface area contributed by atoms with Gasteiger partial charge in [-0.2, -0.15) is 11.8 Å². The first kappa shape index (κ1) is 14.9. The molecule has 1 N–H and O–H groups in total. The lowest BCUT2D eigenvalue weighted by Gasteiger charge is -2.34. The molecule has 2 heterocycles. The van der Waals surface area contributed by atoms with Crippen molar-refractivity contribution in [2.24, 2.45) is 0 Å². The number of nitrogens with one attached hydrogen (secondary N) is 1. The lowest BCUT2D eigenvalue weighted by molar-refractivity contribution is 0.712. The lowest BCUT2D eigenvalue weighted by atomic mass is 10.2. The molecule has 21 heavy (non-hydrogen) atoms. The Morgan fingerprint density at radius 2 is 2.10 bits per heavy atom. The Morgan fingerprint density at radius 3 is 2.76 bits per heavy atom. The fraction of sp³-hybridized carbons (Fsp3) is 0.750. The largest absolute Gasteiger partial charge is 0.370 e. The van der Waals surface area contributed by atoms with Gasteiger partial charge in [0.05, 0.1) is 0 Å². The van der Waals surface area contributed by atoms with Gasteiger partial charge < -0.3 is 10.2 Å². The van der Waals surface area contributed by atoms with E-state index in [4.69, 9.17) is 9.97 Å². The van der Waals surface area contributed by atoms with E-state index in [-0.39, 0.29) is 0 Å². The first-order valence-corrected chi connectivity index (χ1v) is 9.26. The highest BCUT2D eigenvalue weighted by molar-refractivity contribution is 8.00. The van der Waals surface area contributed by atoms with E-state index >= 15 is 0 Å². The van der Waals surface area contributed by atoms with Crippen LogP contribution in [0, 0.1) is 6.92 Å². The molecule has 0 aromatic carbocycles. The molecule has 1 atom stereocenters. The molecule has 1 aliphatic heterocycles. The van der Waals surface area contributed by atoms with E-state index < -0.39 is 0 Å². The lowest BCUT2D eigenvalue weighted by Crippen LogP contribution is -2.38. The summed E-state index contributed by atoms with van der Waals surface area (Å²) in [7, 11) is 0. The SMILES string of the molecule is CCNc1nc(C2CC2)nc(N2CCSC(CC)C2)c1C. The van der Waals surface area contributed by atoms with Gasteiger partial charge in [-0.1, -0.05) is 6.92 Å². The van der Waals surface area contributed by atoms with Crippen molar-refractivity contribution in [3.8, 4) is 0 Å². The summed E-state index contributed by atoms with van der Waals surface area (Å²) in [5.41, 5.74) is 1.21. The molecule has 1 saturated carbocycles. The third kappa shape index (κ3) is 3.28. The molecule has 0 bridgehead atoms. The number of hydrogen-bond donors (Lipinski definition) is 1. The number of nitrogens with zero attached hydrogens (tertiary/aromatic N) is 3. The molecule has 1 aliphatic carbocycles. The summed E-state index contributed by atoms with van der Waals surface area (Å²) in [4.78, 5) is 12.2. The second-order valence-electron chi connectivity index (χ2n) is 6.03. The summed E-state index contributed by atoms with van der Waals surface area (Å²) in [6.07, 6.45) is 3.74. The van der Waals surface area contributed by atoms with Gasteiger partial charge >= 0.3 is 0 Å². The third-order valence-electron chi connectivity index (χ3n) is 4.32. The number of thioether (sulfide) groups is 1. The number of rotatable bonds is 5. The van der Waals surface area contributed by atoms with Gasteiger partial charge in [-0.25, -0.2) is 9.97 Å². The maximum Gasteiger partial charge on any atom is 0.137 e. The minimum atomic E-state index is 0.600. The molecule has 2 aliphatic rings. The zero-order valence-electron chi connectivity index (χ0n) is 13.4. The normalized spacial score (nSPS) is 22.4. The first-order valence-electron chi connectivity index (χ1n) is 8.21. The van der Waals surface area contributed by atoms with Crippen molar-refractivity contribution in [1.82, 2.24) is 9.97 Å². The maximum atomic E-state index is 4.94. The van der Waals surface area contributed by atoms with Gasteiger partial charge in [-0.05, 0) is 33.1 Å². The topological polar surface area (TPSA) is 41.1 Å². The highest BCUT2D eigenvalue weighted by Gasteiger charge is 2.30. The molecule has 2 fully saturated rings. The van der Waals surface area contributed by atoms with Crippen molar-refractivity contribution in [1.29, 1.82) is 0 Å². The molecule has 0 spiro atoms. The van der Waals surface area contributed by atoms with E-state index in [0.717, 1.165) is 36.5 Å². The van der Waals surface area contributed by atoms with Crippen molar-refractivity contribution in [2.45, 2.75) is 51.2 Å². The van der Waals surface area contributed by atoms with Crippen molar-refractivity contribution < 1.29 is 0 Å². The molecule has 3 rings (SSSR count). The smallest absolute Gasteiger partial charge is 0.137 e. The van der Waals surface area contributed by atoms with Crippen LogP contribution in [-0.4, -0.2) is 40.6 Å². The molecular weight excluding hydrogens is 280 g/mol. The Hall–Kier alpha value is -0.970. The van der Waals surface area contributed by atoms with Crippen molar-refractivity contribution in [2.75, 3.05) is 35.6 Å². The summed E-state index contributed by atoms with van der Waals surface area (Å²) >= 11 is 2.10. The van der Waals surface area contributed by atoms with E-state index in [0.29, 0.717) is 5.92 Å². The minimum absolute atomic E-state index is 0.600. The summed E-state index contributed by atoms with van der Waals surface area (Å²) in [5.74, 6) is 5.06. The van der Waals surface area contributed by atoms with Crippen LogP contribution in [0.25, 0.3) is 0 Å². The average Bonchev–Trinajstić information content (AvgIpc) is 3.34. The molecule has 4 nitrogen and oxygen atoms in total. The molecule has 1 aromatic heterocycles. The monoisotopic (exact) mass is 306 g/mol. The second kappa shape index (κ2) is 6.42. The van der Waals surface area contributed by atoms with E-state index in [9.17, 15) is 0 Å². The Kier molecular flexibility index (Phi) is 4.57. The molecule has 5 heteroatoms. The predicted octanol–water partition coefficient (Wildman–Crippen LogP) is 3.43. The van der Waals surface area contributed by atoms with Crippen LogP contribution in [0.3, 0.4) is 0 Å². The Labute approximate surface area is 132 Å². The van der Waals surface area contributed by atoms with Crippen LogP contribution >= 0.6 is 11.8 Å². The fourth-order valence-corrected chi connectivity index (χ4v) is 4.03. The van der Waals surface area contributed by atoms with Gasteiger partial charge in [-0.3, -0.25) is 0 Å². The average molecular weight is 306 g/mol. The van der Waals surface area contributed by atoms with Crippen LogP contribution < -0.4 is 10.2 Å². The van der Waals surface area contributed by atoms with Gasteiger partial charge in [0.15, 0.2) is 0 Å². The van der Waals surface area contributed by atoms with Crippen LogP contribution in [-0.2, 0) is 0 Å². The Balaban J connectivity index is 1.91. The molecule has 1 saturated heterocycles. The predicted molar refractivity (Wildman–Crippen MR) is 91.7 cm³/mol. The highest BCUT2D eigenvalue weighted by Crippen LogP contribution is 2.40. The van der Waals surface area contributed by atoms with Crippen LogP contribution in [0.1, 0.15) is 50.4 Å². The summed E-state index contributed by atoms with van der Waals surface area (Å²) in [5, 5.41) is 4.16. The summed E-state index contributed by atoms with van der Waals surface area (Å²) in [6.45, 7) is 9.71. The fourth-order valence-electron chi connectivity index (χ4n) is 2.85. The van der Waals surface area contributed by atoms with Gasteiger partial charge in [-0.15, -0.1) is 0 Å². The van der Waals surface area contributed by atoms with E-state index in [1.807, 2.05) is 0 Å². The van der Waals surface area contributed by atoms with Crippen LogP contribution in [0.5, 0.6) is 0 Å². The number of aromatic nitrogens is 2. The second-order valence-corrected chi connectivity index (χ2v) is 7.44. The van der Waals surface area contributed by atoms with Crippen molar-refractivity contribution in [3.63, 3.8) is 0 Å². The number of anilines is 2. The van der Waals surface area contributed by atoms with E-state index in [2.05, 4.69) is 42.7 Å². The van der Waals surface area contributed by atoms with Crippen LogP contribution in [0.15, 0.2) is 0 Å². The molecule has 0 radical (unpaired) electrons. The van der Waals surface area contributed by atoms with E-state index in [1.165, 1.54) is 36.4 Å². The standard InChI is InChI=1S/C16H26N4S/c1-4-13-10-20(8-9-21-13)16-11(3)14(17-5-2)18-15(19-16)12-6-7-12/h12-13H,4-10H2,1-3H3,(H,17,18,19). The Bertz CT molecular complexity index is 501. The Morgan fingerprint density at radius 1 is 1.29 bits per heavy atom. The quantitative estimate of drug-likeness (QED) is 0.902. The molecule has 1 unspecified atom stereocenters. The highest BCUT2D eigenvalue weighted by atomic mass is 32.2. The van der Waals surface area contributed by atoms with Crippen LogP contribution in [0.2, 0.25) is 0 Å². The van der Waals surface area contributed by atoms with Gasteiger partial charge in [0.2, 0.25) is 0 Å². The first-order chi connectivity index (χ1) is 10.2. The zero-order valence-corrected chi connectivity index (χ0v) is 14.2. The minimum Gasteiger partial charge on any atom is -0.370 e. The van der Waals surface area contributed by atoms with Crippen molar-refractivity contribution >= 4 is 23.4 Å². The molecule has 0 amide bonds.